The van der Waals surface area contributed by atoms with Crippen LogP contribution < -0.4 is 5.73 Å². The summed E-state index contributed by atoms with van der Waals surface area (Å²) in [7, 11) is 0. The Kier molecular flexibility index (Phi) is 4.26. The molecular weight excluding hydrogens is 302 g/mol. The second-order valence-corrected chi connectivity index (χ2v) is 7.23. The minimum atomic E-state index is 0.570. The van der Waals surface area contributed by atoms with Gasteiger partial charge < -0.3 is 10.3 Å². The summed E-state index contributed by atoms with van der Waals surface area (Å²) in [4.78, 5) is 4.42. The number of aromatic nitrogens is 2. The minimum Gasteiger partial charge on any atom is -0.375 e. The number of benzene rings is 1. The highest BCUT2D eigenvalue weighted by Crippen LogP contribution is 2.29. The number of nitrogens with two attached hydrogens (primary N) is 1. The molecule has 0 bridgehead atoms. The maximum absolute atomic E-state index is 5.77. The molecule has 2 aromatic heterocycles. The Labute approximate surface area is 141 Å². The van der Waals surface area contributed by atoms with E-state index >= 15 is 0 Å². The van der Waals surface area contributed by atoms with E-state index in [0.29, 0.717) is 11.0 Å². The van der Waals surface area contributed by atoms with E-state index in [1.165, 1.54) is 39.4 Å². The van der Waals surface area contributed by atoms with E-state index in [4.69, 9.17) is 5.73 Å². The molecule has 0 saturated heterocycles. The summed E-state index contributed by atoms with van der Waals surface area (Å²) in [6.07, 6.45) is 0. The van der Waals surface area contributed by atoms with Crippen molar-refractivity contribution in [3.63, 3.8) is 0 Å². The third-order valence-electron chi connectivity index (χ3n) is 4.36. The van der Waals surface area contributed by atoms with E-state index < -0.39 is 0 Å². The molecule has 2 heterocycles. The van der Waals surface area contributed by atoms with Crippen LogP contribution in [0.2, 0.25) is 0 Å². The van der Waals surface area contributed by atoms with Crippen LogP contribution in [-0.4, -0.2) is 9.55 Å². The van der Waals surface area contributed by atoms with Crippen molar-refractivity contribution in [2.75, 3.05) is 5.73 Å². The number of aryl methyl sites for hydroxylation is 1. The van der Waals surface area contributed by atoms with Gasteiger partial charge in [-0.05, 0) is 37.0 Å². The summed E-state index contributed by atoms with van der Waals surface area (Å²) in [6, 6.07) is 11.1. The maximum atomic E-state index is 5.77. The Morgan fingerprint density at radius 3 is 2.43 bits per heavy atom. The normalized spacial score (nSPS) is 11.3. The van der Waals surface area contributed by atoms with Crippen LogP contribution in [0, 0.1) is 13.8 Å². The Bertz CT molecular complexity index is 810. The number of nitrogens with zero attached hydrogens (tertiary/aromatic N) is 2. The Hall–Kier alpha value is -2.07. The smallest absolute Gasteiger partial charge is 0.180 e. The summed E-state index contributed by atoms with van der Waals surface area (Å²) in [6.45, 7) is 9.63. The van der Waals surface area contributed by atoms with Gasteiger partial charge in [-0.25, -0.2) is 4.98 Å². The van der Waals surface area contributed by atoms with Crippen LogP contribution in [0.3, 0.4) is 0 Å². The Morgan fingerprint density at radius 1 is 1.17 bits per heavy atom. The zero-order valence-corrected chi connectivity index (χ0v) is 14.9. The van der Waals surface area contributed by atoms with Crippen LogP contribution in [0.5, 0.6) is 0 Å². The number of anilines is 1. The number of nitrogen functional groups attached to an aromatic ring is 1. The second-order valence-electron chi connectivity index (χ2n) is 6.34. The molecule has 0 fully saturated rings. The fraction of sp³-hybridized carbons (Fsp3) is 0.316. The maximum Gasteiger partial charge on any atom is 0.180 e. The van der Waals surface area contributed by atoms with Crippen LogP contribution in [0.4, 0.5) is 5.13 Å². The van der Waals surface area contributed by atoms with Gasteiger partial charge in [0.05, 0.1) is 5.69 Å². The number of thiazole rings is 1. The van der Waals surface area contributed by atoms with E-state index in [1.54, 1.807) is 0 Å². The number of hydrogen-bond donors (Lipinski definition) is 1. The summed E-state index contributed by atoms with van der Waals surface area (Å²) < 4.78 is 2.34. The molecule has 0 amide bonds. The van der Waals surface area contributed by atoms with Crippen LogP contribution in [0.25, 0.3) is 11.3 Å². The van der Waals surface area contributed by atoms with E-state index in [1.807, 2.05) is 5.38 Å². The summed E-state index contributed by atoms with van der Waals surface area (Å²) in [5.41, 5.74) is 13.1. The molecule has 0 aliphatic rings. The van der Waals surface area contributed by atoms with Gasteiger partial charge in [0, 0.05) is 28.9 Å². The predicted octanol–water partition coefficient (Wildman–Crippen LogP) is 4.98. The topological polar surface area (TPSA) is 43.8 Å². The van der Waals surface area contributed by atoms with E-state index in [2.05, 4.69) is 67.6 Å². The zero-order chi connectivity index (χ0) is 16.6. The zero-order valence-electron chi connectivity index (χ0n) is 14.1. The molecule has 23 heavy (non-hydrogen) atoms. The first kappa shape index (κ1) is 15.8. The van der Waals surface area contributed by atoms with Crippen molar-refractivity contribution in [1.29, 1.82) is 0 Å². The Morgan fingerprint density at radius 2 is 1.87 bits per heavy atom. The molecular formula is C19H23N3S. The van der Waals surface area contributed by atoms with Crippen molar-refractivity contribution >= 4 is 16.5 Å². The van der Waals surface area contributed by atoms with Crippen molar-refractivity contribution < 1.29 is 0 Å². The fourth-order valence-corrected chi connectivity index (χ4v) is 3.47. The molecule has 3 rings (SSSR count). The molecule has 0 spiro atoms. The summed E-state index contributed by atoms with van der Waals surface area (Å²) >= 11 is 1.49. The quantitative estimate of drug-likeness (QED) is 0.735. The van der Waals surface area contributed by atoms with Gasteiger partial charge in [-0.2, -0.15) is 0 Å². The van der Waals surface area contributed by atoms with Crippen LogP contribution >= 0.6 is 11.3 Å². The van der Waals surface area contributed by atoms with Gasteiger partial charge in [-0.15, -0.1) is 11.3 Å². The molecule has 0 unspecified atom stereocenters. The van der Waals surface area contributed by atoms with Gasteiger partial charge in [-0.3, -0.25) is 0 Å². The second kappa shape index (κ2) is 6.20. The van der Waals surface area contributed by atoms with Crippen LogP contribution in [0.1, 0.15) is 42.3 Å². The van der Waals surface area contributed by atoms with Gasteiger partial charge in [-0.1, -0.05) is 38.1 Å². The standard InChI is InChI=1S/C19H23N3S/c1-12(2)16-7-5-15(6-8-16)10-22-13(3)9-17(14(22)4)18-11-23-19(20)21-18/h5-9,11-12H,10H2,1-4H3,(H2,20,21). The fourth-order valence-electron chi connectivity index (χ4n) is 2.91. The first-order chi connectivity index (χ1) is 11.0. The summed E-state index contributed by atoms with van der Waals surface area (Å²) in [5.74, 6) is 0.570. The van der Waals surface area contributed by atoms with Crippen molar-refractivity contribution in [1.82, 2.24) is 9.55 Å². The molecule has 0 aliphatic carbocycles. The molecule has 4 heteroatoms. The van der Waals surface area contributed by atoms with Crippen molar-refractivity contribution in [3.05, 3.63) is 58.2 Å². The number of rotatable bonds is 4. The lowest BCUT2D eigenvalue weighted by atomic mass is 10.0. The van der Waals surface area contributed by atoms with Crippen molar-refractivity contribution in [2.45, 2.75) is 40.2 Å². The molecule has 3 aromatic rings. The predicted molar refractivity (Wildman–Crippen MR) is 99.1 cm³/mol. The van der Waals surface area contributed by atoms with Gasteiger partial charge >= 0.3 is 0 Å². The average molecular weight is 325 g/mol. The molecule has 1 aromatic carbocycles. The highest BCUT2D eigenvalue weighted by molar-refractivity contribution is 7.13. The molecule has 0 radical (unpaired) electrons. The first-order valence-corrected chi connectivity index (χ1v) is 8.80. The average Bonchev–Trinajstić information content (AvgIpc) is 3.06. The van der Waals surface area contributed by atoms with Gasteiger partial charge in [0.1, 0.15) is 0 Å². The molecule has 2 N–H and O–H groups in total. The van der Waals surface area contributed by atoms with Crippen molar-refractivity contribution in [3.8, 4) is 11.3 Å². The molecule has 3 nitrogen and oxygen atoms in total. The third kappa shape index (κ3) is 3.17. The molecule has 0 atom stereocenters. The van der Waals surface area contributed by atoms with E-state index in [0.717, 1.165) is 12.2 Å². The molecule has 0 saturated carbocycles. The third-order valence-corrected chi connectivity index (χ3v) is 5.03. The largest absolute Gasteiger partial charge is 0.375 e. The van der Waals surface area contributed by atoms with Crippen LogP contribution in [0.15, 0.2) is 35.7 Å². The van der Waals surface area contributed by atoms with E-state index in [9.17, 15) is 0 Å². The minimum absolute atomic E-state index is 0.570. The lowest BCUT2D eigenvalue weighted by molar-refractivity contribution is 0.748. The Balaban J connectivity index is 1.90. The highest BCUT2D eigenvalue weighted by Gasteiger charge is 2.13. The molecule has 120 valence electrons. The number of hydrogen-bond acceptors (Lipinski definition) is 3. The van der Waals surface area contributed by atoms with E-state index in [-0.39, 0.29) is 0 Å². The SMILES string of the molecule is Cc1cc(-c2csc(N)n2)c(C)n1Cc1ccc(C(C)C)cc1. The van der Waals surface area contributed by atoms with Gasteiger partial charge in [0.25, 0.3) is 0 Å². The molecule has 0 aliphatic heterocycles. The van der Waals surface area contributed by atoms with Crippen LogP contribution in [-0.2, 0) is 6.54 Å². The van der Waals surface area contributed by atoms with Gasteiger partial charge in [0.15, 0.2) is 5.13 Å². The summed E-state index contributed by atoms with van der Waals surface area (Å²) in [5, 5.41) is 2.65. The first-order valence-electron chi connectivity index (χ1n) is 7.92. The van der Waals surface area contributed by atoms with Crippen molar-refractivity contribution in [2.24, 2.45) is 0 Å². The lowest BCUT2D eigenvalue weighted by Gasteiger charge is -2.11. The highest BCUT2D eigenvalue weighted by atomic mass is 32.1. The van der Waals surface area contributed by atoms with Gasteiger partial charge in [0.2, 0.25) is 0 Å². The lowest BCUT2D eigenvalue weighted by Crippen LogP contribution is -2.04. The monoisotopic (exact) mass is 325 g/mol.